The van der Waals surface area contributed by atoms with Crippen molar-refractivity contribution in [3.8, 4) is 0 Å². The average Bonchev–Trinajstić information content (AvgIpc) is 2.74. The maximum Gasteiger partial charge on any atom is 0.311 e. The Kier molecular flexibility index (Phi) is 4.77. The normalized spacial score (nSPS) is 10.5. The number of hydrogen-bond acceptors (Lipinski definition) is 5. The van der Waals surface area contributed by atoms with Gasteiger partial charge in [-0.2, -0.15) is 0 Å². The van der Waals surface area contributed by atoms with E-state index in [4.69, 9.17) is 11.6 Å². The molecular formula is C14H14ClN3O4. The Morgan fingerprint density at radius 3 is 2.59 bits per heavy atom. The van der Waals surface area contributed by atoms with Gasteiger partial charge in [0.2, 0.25) is 0 Å². The number of carbonyl (C=O) groups excluding carboxylic acids is 1. The summed E-state index contributed by atoms with van der Waals surface area (Å²) in [4.78, 5) is 25.8. The van der Waals surface area contributed by atoms with Crippen LogP contribution in [0.3, 0.4) is 0 Å². The Bertz CT molecular complexity index is 710. The number of hydrogen-bond donors (Lipinski definition) is 0. The van der Waals surface area contributed by atoms with Crippen molar-refractivity contribution in [3.63, 3.8) is 0 Å². The van der Waals surface area contributed by atoms with Crippen LogP contribution in [0.4, 0.5) is 5.69 Å². The number of carbonyl (C=O) groups is 1. The SMILES string of the molecule is COC(=O)Cc1c(Cl)nc(C)n1Cc1ccc([N+](=O)[O-])cc1. The Morgan fingerprint density at radius 1 is 1.41 bits per heavy atom. The number of rotatable bonds is 5. The van der Waals surface area contributed by atoms with Gasteiger partial charge in [0.1, 0.15) is 5.82 Å². The Hall–Kier alpha value is -2.41. The molecule has 0 fully saturated rings. The maximum absolute atomic E-state index is 11.5. The largest absolute Gasteiger partial charge is 0.469 e. The lowest BCUT2D eigenvalue weighted by Crippen LogP contribution is -2.12. The monoisotopic (exact) mass is 323 g/mol. The van der Waals surface area contributed by atoms with Gasteiger partial charge in [0, 0.05) is 18.7 Å². The fraction of sp³-hybridized carbons (Fsp3) is 0.286. The van der Waals surface area contributed by atoms with Crippen molar-refractivity contribution in [2.24, 2.45) is 0 Å². The van der Waals surface area contributed by atoms with Gasteiger partial charge in [-0.15, -0.1) is 0 Å². The smallest absolute Gasteiger partial charge is 0.311 e. The predicted octanol–water partition coefficient (Wildman–Crippen LogP) is 2.52. The highest BCUT2D eigenvalue weighted by atomic mass is 35.5. The average molecular weight is 324 g/mol. The first-order chi connectivity index (χ1) is 10.4. The third kappa shape index (κ3) is 3.43. The van der Waals surface area contributed by atoms with E-state index < -0.39 is 10.9 Å². The molecule has 1 aromatic heterocycles. The number of benzene rings is 1. The first-order valence-corrected chi connectivity index (χ1v) is 6.81. The molecule has 2 rings (SSSR count). The van der Waals surface area contributed by atoms with Crippen LogP contribution < -0.4 is 0 Å². The summed E-state index contributed by atoms with van der Waals surface area (Å²) in [6, 6.07) is 6.19. The lowest BCUT2D eigenvalue weighted by Gasteiger charge is -2.10. The topological polar surface area (TPSA) is 87.3 Å². The number of aromatic nitrogens is 2. The van der Waals surface area contributed by atoms with Gasteiger partial charge in [0.25, 0.3) is 5.69 Å². The van der Waals surface area contributed by atoms with Crippen LogP contribution in [0.25, 0.3) is 0 Å². The minimum atomic E-state index is -0.453. The van der Waals surface area contributed by atoms with Gasteiger partial charge in [-0.05, 0) is 12.5 Å². The molecule has 2 aromatic rings. The molecule has 116 valence electrons. The molecule has 0 amide bonds. The van der Waals surface area contributed by atoms with Crippen LogP contribution in [0.1, 0.15) is 17.1 Å². The number of imidazole rings is 1. The van der Waals surface area contributed by atoms with Gasteiger partial charge in [-0.25, -0.2) is 4.98 Å². The summed E-state index contributed by atoms with van der Waals surface area (Å²) < 4.78 is 6.44. The summed E-state index contributed by atoms with van der Waals surface area (Å²) >= 11 is 6.06. The standard InChI is InChI=1S/C14H14ClN3O4/c1-9-16-14(15)12(7-13(19)22-2)17(9)8-10-3-5-11(6-4-10)18(20)21/h3-6H,7-8H2,1-2H3. The van der Waals surface area contributed by atoms with Crippen LogP contribution in [0, 0.1) is 17.0 Å². The number of nitro benzene ring substituents is 1. The van der Waals surface area contributed by atoms with Crippen molar-refractivity contribution in [1.29, 1.82) is 0 Å². The fourth-order valence-electron chi connectivity index (χ4n) is 2.07. The van der Waals surface area contributed by atoms with Gasteiger partial charge >= 0.3 is 5.97 Å². The summed E-state index contributed by atoms with van der Waals surface area (Å²) in [5.74, 6) is 0.244. The molecule has 0 saturated heterocycles. The Morgan fingerprint density at radius 2 is 2.05 bits per heavy atom. The lowest BCUT2D eigenvalue weighted by atomic mass is 10.2. The van der Waals surface area contributed by atoms with Crippen LogP contribution in [-0.2, 0) is 22.5 Å². The van der Waals surface area contributed by atoms with E-state index in [1.807, 2.05) is 0 Å². The highest BCUT2D eigenvalue weighted by Crippen LogP contribution is 2.21. The quantitative estimate of drug-likeness (QED) is 0.479. The first kappa shape index (κ1) is 16.0. The molecule has 0 bridgehead atoms. The van der Waals surface area contributed by atoms with Crippen molar-refractivity contribution in [2.45, 2.75) is 19.9 Å². The number of halogens is 1. The van der Waals surface area contributed by atoms with E-state index in [1.165, 1.54) is 19.2 Å². The van der Waals surface area contributed by atoms with Crippen LogP contribution in [0.5, 0.6) is 0 Å². The summed E-state index contributed by atoms with van der Waals surface area (Å²) in [7, 11) is 1.31. The van der Waals surface area contributed by atoms with E-state index in [9.17, 15) is 14.9 Å². The molecule has 8 heteroatoms. The summed E-state index contributed by atoms with van der Waals surface area (Å²) in [6.45, 7) is 2.19. The van der Waals surface area contributed by atoms with Crippen LogP contribution in [0.2, 0.25) is 5.15 Å². The molecule has 1 heterocycles. The zero-order valence-electron chi connectivity index (χ0n) is 12.1. The second-order valence-corrected chi connectivity index (χ2v) is 5.02. The molecule has 0 spiro atoms. The molecule has 22 heavy (non-hydrogen) atoms. The summed E-state index contributed by atoms with van der Waals surface area (Å²) in [5, 5.41) is 10.9. The van der Waals surface area contributed by atoms with Crippen molar-refractivity contribution >= 4 is 23.3 Å². The van der Waals surface area contributed by atoms with Gasteiger partial charge in [0.05, 0.1) is 24.1 Å². The molecule has 0 aliphatic rings. The molecule has 0 aliphatic carbocycles. The number of nitro groups is 1. The highest BCUT2D eigenvalue weighted by molar-refractivity contribution is 6.30. The molecular weight excluding hydrogens is 310 g/mol. The van der Waals surface area contributed by atoms with Crippen LogP contribution in [0.15, 0.2) is 24.3 Å². The number of non-ortho nitro benzene ring substituents is 1. The van der Waals surface area contributed by atoms with Gasteiger partial charge in [-0.1, -0.05) is 23.7 Å². The van der Waals surface area contributed by atoms with Gasteiger partial charge < -0.3 is 9.30 Å². The molecule has 7 nitrogen and oxygen atoms in total. The second-order valence-electron chi connectivity index (χ2n) is 4.66. The maximum atomic E-state index is 11.5. The van der Waals surface area contributed by atoms with Crippen molar-refractivity contribution in [2.75, 3.05) is 7.11 Å². The van der Waals surface area contributed by atoms with Crippen LogP contribution in [-0.4, -0.2) is 27.6 Å². The highest BCUT2D eigenvalue weighted by Gasteiger charge is 2.17. The van der Waals surface area contributed by atoms with E-state index in [0.29, 0.717) is 18.1 Å². The number of nitrogens with zero attached hydrogens (tertiary/aromatic N) is 3. The minimum absolute atomic E-state index is 0.0170. The molecule has 0 N–H and O–H groups in total. The summed E-state index contributed by atoms with van der Waals surface area (Å²) in [6.07, 6.45) is 0.0170. The minimum Gasteiger partial charge on any atom is -0.469 e. The van der Waals surface area contributed by atoms with E-state index in [1.54, 1.807) is 23.6 Å². The summed E-state index contributed by atoms with van der Waals surface area (Å²) in [5.41, 5.74) is 1.43. The van der Waals surface area contributed by atoms with Gasteiger partial charge in [0.15, 0.2) is 5.15 Å². The number of ether oxygens (including phenoxy) is 1. The zero-order chi connectivity index (χ0) is 16.3. The molecule has 1 aromatic carbocycles. The van der Waals surface area contributed by atoms with Gasteiger partial charge in [-0.3, -0.25) is 14.9 Å². The Labute approximate surface area is 131 Å². The molecule has 0 atom stereocenters. The third-order valence-electron chi connectivity index (χ3n) is 3.24. The molecule has 0 aliphatic heterocycles. The molecule has 0 unspecified atom stereocenters. The predicted molar refractivity (Wildman–Crippen MR) is 79.9 cm³/mol. The fourth-order valence-corrected chi connectivity index (χ4v) is 2.36. The number of esters is 1. The number of aryl methyl sites for hydroxylation is 1. The van der Waals surface area contributed by atoms with Crippen molar-refractivity contribution in [3.05, 3.63) is 56.6 Å². The van der Waals surface area contributed by atoms with Crippen molar-refractivity contribution in [1.82, 2.24) is 9.55 Å². The van der Waals surface area contributed by atoms with Crippen LogP contribution >= 0.6 is 11.6 Å². The first-order valence-electron chi connectivity index (χ1n) is 6.44. The third-order valence-corrected chi connectivity index (χ3v) is 3.54. The van der Waals surface area contributed by atoms with E-state index in [2.05, 4.69) is 9.72 Å². The number of methoxy groups -OCH3 is 1. The molecule has 0 radical (unpaired) electrons. The van der Waals surface area contributed by atoms with E-state index in [-0.39, 0.29) is 17.3 Å². The lowest BCUT2D eigenvalue weighted by molar-refractivity contribution is -0.384. The van der Waals surface area contributed by atoms with Crippen molar-refractivity contribution < 1.29 is 14.5 Å². The Balaban J connectivity index is 2.28. The zero-order valence-corrected chi connectivity index (χ0v) is 12.8. The molecule has 0 saturated carbocycles. The van der Waals surface area contributed by atoms with E-state index >= 15 is 0 Å². The second kappa shape index (κ2) is 6.57. The van der Waals surface area contributed by atoms with E-state index in [0.717, 1.165) is 5.56 Å².